The second-order valence-electron chi connectivity index (χ2n) is 7.45. The molecule has 0 aliphatic carbocycles. The number of fused-ring (bicyclic) bond motifs is 1. The molecular formula is C23H24Cl2N4O2. The number of hydrogen-bond acceptors (Lipinski definition) is 3. The van der Waals surface area contributed by atoms with Gasteiger partial charge >= 0.3 is 0 Å². The number of rotatable bonds is 7. The monoisotopic (exact) mass is 458 g/mol. The molecule has 8 heteroatoms. The van der Waals surface area contributed by atoms with Gasteiger partial charge in [-0.1, -0.05) is 55.2 Å². The average Bonchev–Trinajstić information content (AvgIpc) is 3.11. The van der Waals surface area contributed by atoms with Crippen molar-refractivity contribution in [3.05, 3.63) is 69.8 Å². The van der Waals surface area contributed by atoms with Crippen LogP contribution in [-0.4, -0.2) is 28.6 Å². The molecule has 1 aromatic heterocycles. The van der Waals surface area contributed by atoms with Gasteiger partial charge in [-0.15, -0.1) is 0 Å². The van der Waals surface area contributed by atoms with Crippen LogP contribution in [0.25, 0.3) is 10.9 Å². The summed E-state index contributed by atoms with van der Waals surface area (Å²) in [6, 6.07) is 11.8. The maximum atomic E-state index is 12.7. The number of nitrogens with zero attached hydrogens (tertiary/aromatic N) is 2. The normalized spacial score (nSPS) is 12.5. The number of carbonyl (C=O) groups is 2. The zero-order chi connectivity index (χ0) is 22.5. The summed E-state index contributed by atoms with van der Waals surface area (Å²) in [6.45, 7) is 6.59. The fourth-order valence-electron chi connectivity index (χ4n) is 3.27. The number of carbonyl (C=O) groups excluding carboxylic acids is 2. The summed E-state index contributed by atoms with van der Waals surface area (Å²) >= 11 is 11.9. The Kier molecular flexibility index (Phi) is 7.36. The van der Waals surface area contributed by atoms with E-state index in [-0.39, 0.29) is 10.9 Å². The van der Waals surface area contributed by atoms with Gasteiger partial charge in [0.1, 0.15) is 6.04 Å². The number of amides is 2. The molecule has 0 saturated heterocycles. The van der Waals surface area contributed by atoms with Crippen LogP contribution < -0.4 is 10.7 Å². The van der Waals surface area contributed by atoms with E-state index in [1.165, 1.54) is 6.07 Å². The van der Waals surface area contributed by atoms with Gasteiger partial charge in [-0.2, -0.15) is 5.10 Å². The summed E-state index contributed by atoms with van der Waals surface area (Å²) < 4.78 is 2.12. The van der Waals surface area contributed by atoms with Gasteiger partial charge in [0.25, 0.3) is 11.8 Å². The van der Waals surface area contributed by atoms with Crippen molar-refractivity contribution < 1.29 is 9.59 Å². The highest BCUT2D eigenvalue weighted by Gasteiger charge is 2.24. The van der Waals surface area contributed by atoms with E-state index < -0.39 is 17.9 Å². The van der Waals surface area contributed by atoms with E-state index in [1.807, 2.05) is 44.3 Å². The number of halogens is 2. The lowest BCUT2D eigenvalue weighted by Gasteiger charge is -2.20. The second kappa shape index (κ2) is 9.98. The molecule has 1 atom stereocenters. The fourth-order valence-corrected chi connectivity index (χ4v) is 3.57. The first-order chi connectivity index (χ1) is 14.8. The minimum Gasteiger partial charge on any atom is -0.347 e. The predicted molar refractivity (Wildman–Crippen MR) is 126 cm³/mol. The zero-order valence-electron chi connectivity index (χ0n) is 17.5. The molecular weight excluding hydrogens is 435 g/mol. The Morgan fingerprint density at radius 2 is 1.87 bits per heavy atom. The van der Waals surface area contributed by atoms with Crippen LogP contribution in [0, 0.1) is 5.92 Å². The smallest absolute Gasteiger partial charge is 0.262 e. The van der Waals surface area contributed by atoms with Gasteiger partial charge < -0.3 is 9.88 Å². The molecule has 1 heterocycles. The first kappa shape index (κ1) is 22.8. The molecule has 31 heavy (non-hydrogen) atoms. The van der Waals surface area contributed by atoms with Gasteiger partial charge in [-0.3, -0.25) is 9.59 Å². The molecule has 6 nitrogen and oxygen atoms in total. The van der Waals surface area contributed by atoms with Gasteiger partial charge in [-0.25, -0.2) is 5.43 Å². The SMILES string of the molecule is CCn1cc(C=NNC(=O)C(NC(=O)c2ccc(Cl)c(Cl)c2)C(C)C)c2ccccc21. The van der Waals surface area contributed by atoms with E-state index in [0.29, 0.717) is 10.6 Å². The van der Waals surface area contributed by atoms with Crippen molar-refractivity contribution in [2.75, 3.05) is 0 Å². The van der Waals surface area contributed by atoms with Crippen LogP contribution in [0.2, 0.25) is 10.0 Å². The molecule has 3 aromatic rings. The van der Waals surface area contributed by atoms with Gasteiger partial charge in [0.05, 0.1) is 16.3 Å². The molecule has 0 radical (unpaired) electrons. The van der Waals surface area contributed by atoms with Crippen LogP contribution in [0.4, 0.5) is 0 Å². The number of hydrazone groups is 1. The minimum absolute atomic E-state index is 0.149. The Morgan fingerprint density at radius 3 is 2.55 bits per heavy atom. The van der Waals surface area contributed by atoms with Crippen molar-refractivity contribution >= 4 is 52.1 Å². The van der Waals surface area contributed by atoms with Crippen molar-refractivity contribution in [2.45, 2.75) is 33.4 Å². The first-order valence-electron chi connectivity index (χ1n) is 9.98. The van der Waals surface area contributed by atoms with Crippen molar-refractivity contribution in [1.29, 1.82) is 0 Å². The molecule has 0 fully saturated rings. The Labute approximate surface area is 191 Å². The lowest BCUT2D eigenvalue weighted by atomic mass is 10.0. The third kappa shape index (κ3) is 5.27. The Balaban J connectivity index is 1.71. The molecule has 1 unspecified atom stereocenters. The largest absolute Gasteiger partial charge is 0.347 e. The average molecular weight is 459 g/mol. The van der Waals surface area contributed by atoms with Crippen molar-refractivity contribution in [3.8, 4) is 0 Å². The van der Waals surface area contributed by atoms with Crippen molar-refractivity contribution in [1.82, 2.24) is 15.3 Å². The number of nitrogens with one attached hydrogen (secondary N) is 2. The number of aryl methyl sites for hydroxylation is 1. The van der Waals surface area contributed by atoms with Crippen molar-refractivity contribution in [3.63, 3.8) is 0 Å². The summed E-state index contributed by atoms with van der Waals surface area (Å²) in [4.78, 5) is 25.3. The number of benzene rings is 2. The Morgan fingerprint density at radius 1 is 1.13 bits per heavy atom. The third-order valence-electron chi connectivity index (χ3n) is 4.96. The summed E-state index contributed by atoms with van der Waals surface area (Å²) in [5, 5.41) is 8.54. The van der Waals surface area contributed by atoms with Crippen LogP contribution in [0.15, 0.2) is 53.8 Å². The Bertz CT molecular complexity index is 1140. The van der Waals surface area contributed by atoms with Crippen LogP contribution in [0.1, 0.15) is 36.7 Å². The minimum atomic E-state index is -0.768. The van der Waals surface area contributed by atoms with Crippen LogP contribution in [-0.2, 0) is 11.3 Å². The first-order valence-corrected chi connectivity index (χ1v) is 10.7. The van der Waals surface area contributed by atoms with Crippen LogP contribution >= 0.6 is 23.2 Å². The standard InChI is InChI=1S/C23H24Cl2N4O2/c1-4-29-13-16(17-7-5-6-8-20(17)29)12-26-28-23(31)21(14(2)3)27-22(30)15-9-10-18(24)19(25)11-15/h5-14,21H,4H2,1-3H3,(H,27,30)(H,28,31). The van der Waals surface area contributed by atoms with Gasteiger partial charge in [-0.05, 0) is 37.1 Å². The van der Waals surface area contributed by atoms with Gasteiger partial charge in [0.2, 0.25) is 0 Å². The molecule has 0 aliphatic heterocycles. The van der Waals surface area contributed by atoms with Crippen LogP contribution in [0.5, 0.6) is 0 Å². The summed E-state index contributed by atoms with van der Waals surface area (Å²) in [7, 11) is 0. The topological polar surface area (TPSA) is 75.5 Å². The van der Waals surface area contributed by atoms with Gasteiger partial charge in [0, 0.05) is 34.8 Å². The molecule has 2 amide bonds. The second-order valence-corrected chi connectivity index (χ2v) is 8.26. The summed E-state index contributed by atoms with van der Waals surface area (Å²) in [6.07, 6.45) is 3.61. The summed E-state index contributed by atoms with van der Waals surface area (Å²) in [5.41, 5.74) is 4.87. The van der Waals surface area contributed by atoms with E-state index in [0.717, 1.165) is 23.0 Å². The lowest BCUT2D eigenvalue weighted by molar-refractivity contribution is -0.123. The predicted octanol–water partition coefficient (Wildman–Crippen LogP) is 4.87. The lowest BCUT2D eigenvalue weighted by Crippen LogP contribution is -2.48. The van der Waals surface area contributed by atoms with Crippen molar-refractivity contribution in [2.24, 2.45) is 11.0 Å². The molecule has 2 N–H and O–H groups in total. The zero-order valence-corrected chi connectivity index (χ0v) is 19.0. The molecule has 0 aliphatic rings. The van der Waals surface area contributed by atoms with E-state index in [2.05, 4.69) is 27.3 Å². The quantitative estimate of drug-likeness (QED) is 0.391. The number of aromatic nitrogens is 1. The number of hydrogen-bond donors (Lipinski definition) is 2. The van der Waals surface area contributed by atoms with E-state index in [9.17, 15) is 9.59 Å². The molecule has 3 rings (SSSR count). The van der Waals surface area contributed by atoms with Crippen LogP contribution in [0.3, 0.4) is 0 Å². The highest BCUT2D eigenvalue weighted by molar-refractivity contribution is 6.42. The van der Waals surface area contributed by atoms with E-state index in [1.54, 1.807) is 18.3 Å². The van der Waals surface area contributed by atoms with E-state index >= 15 is 0 Å². The Hall–Kier alpha value is -2.83. The number of para-hydroxylation sites is 1. The molecule has 0 spiro atoms. The maximum Gasteiger partial charge on any atom is 0.262 e. The molecule has 0 bridgehead atoms. The maximum absolute atomic E-state index is 12.7. The molecule has 0 saturated carbocycles. The third-order valence-corrected chi connectivity index (χ3v) is 5.70. The molecule has 2 aromatic carbocycles. The molecule has 162 valence electrons. The highest BCUT2D eigenvalue weighted by atomic mass is 35.5. The van der Waals surface area contributed by atoms with E-state index in [4.69, 9.17) is 23.2 Å². The highest BCUT2D eigenvalue weighted by Crippen LogP contribution is 2.23. The fraction of sp³-hybridized carbons (Fsp3) is 0.261. The summed E-state index contributed by atoms with van der Waals surface area (Å²) in [5.74, 6) is -0.967. The van der Waals surface area contributed by atoms with Gasteiger partial charge in [0.15, 0.2) is 0 Å².